The second-order valence-corrected chi connectivity index (χ2v) is 10.4. The van der Waals surface area contributed by atoms with Gasteiger partial charge in [-0.3, -0.25) is 0 Å². The van der Waals surface area contributed by atoms with Crippen molar-refractivity contribution in [1.29, 1.82) is 0 Å². The molecule has 1 aromatic carbocycles. The zero-order valence-electron chi connectivity index (χ0n) is 20.1. The van der Waals surface area contributed by atoms with E-state index in [2.05, 4.69) is 31.6 Å². The number of halogens is 3. The molecule has 2 aliphatic heterocycles. The average molecular weight is 476 g/mol. The smallest absolute Gasteiger partial charge is 0.367 e. The average Bonchev–Trinajstić information content (AvgIpc) is 3.51. The Morgan fingerprint density at radius 2 is 1.71 bits per heavy atom. The number of likely N-dealkylation sites (tertiary alicyclic amines) is 1. The Morgan fingerprint density at radius 1 is 0.941 bits per heavy atom. The summed E-state index contributed by atoms with van der Waals surface area (Å²) in [4.78, 5) is 4.85. The van der Waals surface area contributed by atoms with Gasteiger partial charge in [-0.1, -0.05) is 19.3 Å². The highest BCUT2D eigenvalue weighted by Gasteiger charge is 2.41. The Bertz CT molecular complexity index is 948. The van der Waals surface area contributed by atoms with Gasteiger partial charge < -0.3 is 14.4 Å². The summed E-state index contributed by atoms with van der Waals surface area (Å²) in [5.74, 6) is 3.47. The highest BCUT2D eigenvalue weighted by atomic mass is 19.4. The van der Waals surface area contributed by atoms with Gasteiger partial charge in [-0.15, -0.1) is 10.2 Å². The summed E-state index contributed by atoms with van der Waals surface area (Å²) in [6.07, 6.45) is 6.48. The number of unbranched alkanes of at least 4 members (excludes halogenated alkanes) is 1. The Balaban J connectivity index is 1.09. The normalized spacial score (nSPS) is 24.2. The first-order chi connectivity index (χ1) is 16.4. The minimum absolute atomic E-state index is 0.411. The lowest BCUT2D eigenvalue weighted by molar-refractivity contribution is -0.137. The van der Waals surface area contributed by atoms with Crippen LogP contribution < -0.4 is 4.90 Å². The van der Waals surface area contributed by atoms with Crippen LogP contribution in [0, 0.1) is 5.92 Å². The van der Waals surface area contributed by atoms with Crippen molar-refractivity contribution < 1.29 is 13.2 Å². The zero-order chi connectivity index (χ0) is 23.7. The fraction of sp³-hybridized carbons (Fsp3) is 0.692. The van der Waals surface area contributed by atoms with Gasteiger partial charge in [0.1, 0.15) is 11.6 Å². The highest BCUT2D eigenvalue weighted by molar-refractivity contribution is 5.50. The van der Waals surface area contributed by atoms with E-state index in [1.165, 1.54) is 50.1 Å². The maximum Gasteiger partial charge on any atom is 0.416 e. The van der Waals surface area contributed by atoms with Crippen LogP contribution in [-0.2, 0) is 19.6 Å². The fourth-order valence-electron chi connectivity index (χ4n) is 6.32. The maximum atomic E-state index is 12.9. The zero-order valence-corrected chi connectivity index (χ0v) is 20.1. The molecule has 8 heteroatoms. The predicted molar refractivity (Wildman–Crippen MR) is 127 cm³/mol. The molecule has 1 saturated carbocycles. The molecule has 5 nitrogen and oxygen atoms in total. The van der Waals surface area contributed by atoms with E-state index in [0.29, 0.717) is 17.9 Å². The van der Waals surface area contributed by atoms with Crippen molar-refractivity contribution in [2.45, 2.75) is 75.9 Å². The van der Waals surface area contributed by atoms with Gasteiger partial charge in [-0.25, -0.2) is 0 Å². The maximum absolute atomic E-state index is 12.9. The van der Waals surface area contributed by atoms with Crippen LogP contribution in [-0.4, -0.2) is 51.9 Å². The third-order valence-electron chi connectivity index (χ3n) is 8.24. The van der Waals surface area contributed by atoms with E-state index in [0.717, 1.165) is 63.4 Å². The summed E-state index contributed by atoms with van der Waals surface area (Å²) in [7, 11) is 2.12. The van der Waals surface area contributed by atoms with E-state index in [-0.39, 0.29) is 0 Å². The van der Waals surface area contributed by atoms with E-state index in [1.54, 1.807) is 12.1 Å². The highest BCUT2D eigenvalue weighted by Crippen LogP contribution is 2.37. The number of nitrogens with zero attached hydrogens (tertiary/aromatic N) is 5. The van der Waals surface area contributed by atoms with E-state index in [9.17, 15) is 13.2 Å². The fourth-order valence-corrected chi connectivity index (χ4v) is 6.32. The molecule has 0 radical (unpaired) electrons. The van der Waals surface area contributed by atoms with Gasteiger partial charge in [0.2, 0.25) is 0 Å². The Labute approximate surface area is 200 Å². The van der Waals surface area contributed by atoms with Crippen LogP contribution in [0.3, 0.4) is 0 Å². The van der Waals surface area contributed by atoms with Gasteiger partial charge in [0.15, 0.2) is 0 Å². The number of hydrogen-bond acceptors (Lipinski definition) is 4. The van der Waals surface area contributed by atoms with Crippen molar-refractivity contribution in [3.63, 3.8) is 0 Å². The summed E-state index contributed by atoms with van der Waals surface area (Å²) in [6, 6.07) is 6.10. The lowest BCUT2D eigenvalue weighted by atomic mass is 9.89. The van der Waals surface area contributed by atoms with Crippen LogP contribution in [0.2, 0.25) is 0 Å². The SMILES string of the molecule is Cn1c(CCCCN2CC3CCN(c4ccc(C(F)(F)F)cc4)C3C2)nnc1C1CCCCC1. The molecule has 3 heterocycles. The number of fused-ring (bicyclic) bond motifs is 1. The summed E-state index contributed by atoms with van der Waals surface area (Å²) >= 11 is 0. The standard InChI is InChI=1S/C26H36F3N5/c1-32-24(30-31-25(32)19-7-3-2-4-8-19)9-5-6-15-33-17-20-14-16-34(23(20)18-33)22-12-10-21(11-13-22)26(27,28)29/h10-13,19-20,23H,2-9,14-18H2,1H3. The number of aryl methyl sites for hydroxylation is 1. The monoisotopic (exact) mass is 475 g/mol. The minimum atomic E-state index is -4.28. The molecule has 3 aliphatic rings. The third kappa shape index (κ3) is 4.97. The number of benzene rings is 1. The van der Waals surface area contributed by atoms with Crippen molar-refractivity contribution in [2.75, 3.05) is 31.1 Å². The van der Waals surface area contributed by atoms with Crippen molar-refractivity contribution in [1.82, 2.24) is 19.7 Å². The first-order valence-electron chi connectivity index (χ1n) is 12.9. The second-order valence-electron chi connectivity index (χ2n) is 10.4. The molecule has 186 valence electrons. The van der Waals surface area contributed by atoms with Crippen LogP contribution >= 0.6 is 0 Å². The van der Waals surface area contributed by atoms with E-state index in [4.69, 9.17) is 0 Å². The van der Waals surface area contributed by atoms with Gasteiger partial charge in [0.25, 0.3) is 0 Å². The molecule has 34 heavy (non-hydrogen) atoms. The molecular weight excluding hydrogens is 439 g/mol. The van der Waals surface area contributed by atoms with E-state index in [1.807, 2.05) is 0 Å². The minimum Gasteiger partial charge on any atom is -0.367 e. The molecule has 2 atom stereocenters. The van der Waals surface area contributed by atoms with Crippen LogP contribution in [0.5, 0.6) is 0 Å². The first kappa shape index (κ1) is 23.6. The van der Waals surface area contributed by atoms with E-state index < -0.39 is 11.7 Å². The summed E-state index contributed by atoms with van der Waals surface area (Å²) in [5, 5.41) is 9.02. The topological polar surface area (TPSA) is 37.2 Å². The van der Waals surface area contributed by atoms with Gasteiger partial charge in [0.05, 0.1) is 5.56 Å². The van der Waals surface area contributed by atoms with Crippen molar-refractivity contribution in [2.24, 2.45) is 13.0 Å². The molecule has 1 aliphatic carbocycles. The Kier molecular flexibility index (Phi) is 6.87. The van der Waals surface area contributed by atoms with Gasteiger partial charge in [0, 0.05) is 50.7 Å². The number of rotatable bonds is 7. The molecule has 0 amide bonds. The Morgan fingerprint density at radius 3 is 2.44 bits per heavy atom. The molecule has 2 aromatic rings. The van der Waals surface area contributed by atoms with Crippen LogP contribution in [0.1, 0.15) is 74.5 Å². The second kappa shape index (κ2) is 9.88. The molecule has 0 N–H and O–H groups in total. The van der Waals surface area contributed by atoms with Crippen molar-refractivity contribution >= 4 is 5.69 Å². The largest absolute Gasteiger partial charge is 0.416 e. The molecule has 3 fully saturated rings. The number of hydrogen-bond donors (Lipinski definition) is 0. The van der Waals surface area contributed by atoms with Gasteiger partial charge in [-0.05, 0) is 68.8 Å². The molecule has 0 bridgehead atoms. The van der Waals surface area contributed by atoms with Gasteiger partial charge >= 0.3 is 6.18 Å². The van der Waals surface area contributed by atoms with Crippen LogP contribution in [0.15, 0.2) is 24.3 Å². The third-order valence-corrected chi connectivity index (χ3v) is 8.24. The molecule has 1 aromatic heterocycles. The molecule has 2 saturated heterocycles. The van der Waals surface area contributed by atoms with Crippen LogP contribution in [0.25, 0.3) is 0 Å². The molecule has 5 rings (SSSR count). The molecule has 0 spiro atoms. The first-order valence-corrected chi connectivity index (χ1v) is 12.9. The van der Waals surface area contributed by atoms with E-state index >= 15 is 0 Å². The number of anilines is 1. The quantitative estimate of drug-likeness (QED) is 0.502. The van der Waals surface area contributed by atoms with Gasteiger partial charge in [-0.2, -0.15) is 13.2 Å². The summed E-state index contributed by atoms with van der Waals surface area (Å²) in [5.41, 5.74) is 0.340. The van der Waals surface area contributed by atoms with Crippen molar-refractivity contribution in [3.05, 3.63) is 41.5 Å². The number of alkyl halides is 3. The Hall–Kier alpha value is -2.09. The predicted octanol–water partition coefficient (Wildman–Crippen LogP) is 5.42. The van der Waals surface area contributed by atoms with Crippen molar-refractivity contribution in [3.8, 4) is 0 Å². The summed E-state index contributed by atoms with van der Waals surface area (Å²) < 4.78 is 40.9. The van der Waals surface area contributed by atoms with Crippen LogP contribution in [0.4, 0.5) is 18.9 Å². The lowest BCUT2D eigenvalue weighted by Crippen LogP contribution is -2.35. The molecule has 2 unspecified atom stereocenters. The summed E-state index contributed by atoms with van der Waals surface area (Å²) in [6.45, 7) is 4.10. The number of aromatic nitrogens is 3. The lowest BCUT2D eigenvalue weighted by Gasteiger charge is -2.27. The molecular formula is C26H36F3N5.